The van der Waals surface area contributed by atoms with Crippen molar-refractivity contribution in [1.82, 2.24) is 0 Å². The maximum atomic E-state index is 12.2. The van der Waals surface area contributed by atoms with E-state index in [-0.39, 0.29) is 21.8 Å². The summed E-state index contributed by atoms with van der Waals surface area (Å²) in [5.41, 5.74) is 1.16. The number of fused-ring (bicyclic) bond motifs is 1. The molecule has 0 amide bonds. The molecular weight excluding hydrogens is 391 g/mol. The Kier molecular flexibility index (Phi) is 7.63. The average Bonchev–Trinajstić information content (AvgIpc) is 2.79. The molecule has 0 bridgehead atoms. The Hall–Kier alpha value is -3.12. The highest BCUT2D eigenvalue weighted by Gasteiger charge is 2.46. The molecule has 2 atom stereocenters. The van der Waals surface area contributed by atoms with Crippen molar-refractivity contribution in [3.63, 3.8) is 0 Å². The number of rotatable bonds is 5. The molecule has 161 valence electrons. The Morgan fingerprint density at radius 1 is 0.806 bits per heavy atom. The highest BCUT2D eigenvalue weighted by Crippen LogP contribution is 2.50. The van der Waals surface area contributed by atoms with Gasteiger partial charge in [-0.15, -0.1) is 0 Å². The lowest BCUT2D eigenvalue weighted by Gasteiger charge is -2.42. The second kappa shape index (κ2) is 9.79. The molecule has 0 saturated heterocycles. The van der Waals surface area contributed by atoms with Gasteiger partial charge in [-0.25, -0.2) is 0 Å². The Morgan fingerprint density at radius 3 is 1.87 bits per heavy atom. The van der Waals surface area contributed by atoms with Gasteiger partial charge >= 0.3 is 0 Å². The van der Waals surface area contributed by atoms with Crippen LogP contribution in [-0.2, 0) is 5.60 Å². The lowest BCUT2D eigenvalue weighted by atomic mass is 9.71. The zero-order valence-corrected chi connectivity index (χ0v) is 17.3. The van der Waals surface area contributed by atoms with Crippen LogP contribution in [0.5, 0.6) is 23.0 Å². The minimum atomic E-state index is -1.28. The third-order valence-corrected chi connectivity index (χ3v) is 5.56. The largest absolute Gasteiger partial charge is 0.497 e. The van der Waals surface area contributed by atoms with E-state index in [9.17, 15) is 5.11 Å². The van der Waals surface area contributed by atoms with Crippen molar-refractivity contribution in [1.29, 1.82) is 0 Å². The fourth-order valence-corrected chi connectivity index (χ4v) is 3.92. The van der Waals surface area contributed by atoms with Crippen LogP contribution < -0.4 is 18.9 Å². The summed E-state index contributed by atoms with van der Waals surface area (Å²) < 4.78 is 22.0. The monoisotopic (exact) mass is 419 g/mol. The lowest BCUT2D eigenvalue weighted by Crippen LogP contribution is -2.41. The van der Waals surface area contributed by atoms with E-state index < -0.39 is 5.60 Å². The van der Waals surface area contributed by atoms with Gasteiger partial charge in [-0.2, -0.15) is 0 Å². The van der Waals surface area contributed by atoms with Crippen molar-refractivity contribution < 1.29 is 24.1 Å². The molecule has 0 aromatic heterocycles. The van der Waals surface area contributed by atoms with E-state index in [4.69, 9.17) is 18.9 Å². The minimum absolute atomic E-state index is 0. The highest BCUT2D eigenvalue weighted by molar-refractivity contribution is 5.75. The molecule has 1 N–H and O–H groups in total. The van der Waals surface area contributed by atoms with E-state index in [1.807, 2.05) is 66.7 Å². The molecule has 5 nitrogen and oxygen atoms in total. The second-order valence-corrected chi connectivity index (χ2v) is 6.99. The van der Waals surface area contributed by atoms with Gasteiger partial charge in [-0.3, -0.25) is 0 Å². The summed E-state index contributed by atoms with van der Waals surface area (Å²) in [6.45, 7) is 0.328. The first-order valence-electron chi connectivity index (χ1n) is 9.42. The fraction of sp³-hybridized carbons (Fsp3) is 0.280. The van der Waals surface area contributed by atoms with Crippen molar-refractivity contribution >= 4 is 8.41 Å². The summed E-state index contributed by atoms with van der Waals surface area (Å²) in [7, 11) is 4.87. The van der Waals surface area contributed by atoms with Gasteiger partial charge in [0.1, 0.15) is 28.6 Å². The van der Waals surface area contributed by atoms with Crippen LogP contribution in [0.1, 0.15) is 30.0 Å². The van der Waals surface area contributed by atoms with Crippen LogP contribution in [0.3, 0.4) is 0 Å². The maximum Gasteiger partial charge on any atom is 0.129 e. The molecule has 4 rings (SSSR count). The molecule has 0 aliphatic carbocycles. The van der Waals surface area contributed by atoms with Gasteiger partial charge in [-0.1, -0.05) is 31.7 Å². The van der Waals surface area contributed by atoms with Gasteiger partial charge in [0.15, 0.2) is 0 Å². The second-order valence-electron chi connectivity index (χ2n) is 6.99. The van der Waals surface area contributed by atoms with Crippen LogP contribution in [0.25, 0.3) is 0 Å². The molecule has 3 aromatic carbocycles. The van der Waals surface area contributed by atoms with Gasteiger partial charge in [0.05, 0.1) is 33.9 Å². The van der Waals surface area contributed by atoms with Crippen LogP contribution in [0.15, 0.2) is 66.7 Å². The Labute approximate surface area is 186 Å². The van der Waals surface area contributed by atoms with Crippen LogP contribution in [0, 0.1) is 0 Å². The Morgan fingerprint density at radius 2 is 1.32 bits per heavy atom. The lowest BCUT2D eigenvalue weighted by molar-refractivity contribution is 0.0105. The molecule has 1 aliphatic heterocycles. The summed E-state index contributed by atoms with van der Waals surface area (Å²) in [6, 6.07) is 20.8. The topological polar surface area (TPSA) is 57.2 Å². The molecule has 6 heteroatoms. The van der Waals surface area contributed by atoms with E-state index in [1.54, 1.807) is 21.3 Å². The van der Waals surface area contributed by atoms with Gasteiger partial charge in [0.2, 0.25) is 0 Å². The standard InChI is InChI=1S/C24H24O5.CH4.B/c1-26-18-8-4-16(5-9-18)22-15-29-23-14-20(28-3)12-13-21(23)24(22,25)17-6-10-19(27-2)11-7-17;;/h4-14,22,25H,15H2,1-3H3;1H4;. The number of hydrogen-bond acceptors (Lipinski definition) is 5. The van der Waals surface area contributed by atoms with Gasteiger partial charge in [0.25, 0.3) is 0 Å². The summed E-state index contributed by atoms with van der Waals surface area (Å²) in [6.07, 6.45) is 0. The van der Waals surface area contributed by atoms with Gasteiger partial charge < -0.3 is 24.1 Å². The number of hydrogen-bond donors (Lipinski definition) is 1. The van der Waals surface area contributed by atoms with Gasteiger partial charge in [0, 0.05) is 20.0 Å². The molecule has 3 radical (unpaired) electrons. The zero-order valence-electron chi connectivity index (χ0n) is 17.3. The zero-order chi connectivity index (χ0) is 20.4. The normalized spacial score (nSPS) is 19.0. The molecule has 2 unspecified atom stereocenters. The number of methoxy groups -OCH3 is 3. The Balaban J connectivity index is 0.00000171. The number of aliphatic hydroxyl groups is 1. The molecule has 31 heavy (non-hydrogen) atoms. The number of benzene rings is 3. The third kappa shape index (κ3) is 4.21. The first kappa shape index (κ1) is 24.2. The first-order valence-corrected chi connectivity index (χ1v) is 9.42. The molecule has 1 heterocycles. The number of ether oxygens (including phenoxy) is 4. The molecular formula is C25H28BO5. The van der Waals surface area contributed by atoms with E-state index in [0.29, 0.717) is 23.7 Å². The molecule has 0 fully saturated rings. The van der Waals surface area contributed by atoms with Crippen LogP contribution in [0.4, 0.5) is 0 Å². The van der Waals surface area contributed by atoms with Crippen LogP contribution >= 0.6 is 0 Å². The predicted molar refractivity (Wildman–Crippen MR) is 123 cm³/mol. The first-order chi connectivity index (χ1) is 14.1. The van der Waals surface area contributed by atoms with E-state index in [1.165, 1.54) is 0 Å². The SMILES string of the molecule is C.COc1ccc(C2COc3cc(OC)ccc3C2(O)c2ccc(OC)cc2)cc1.[B]. The summed E-state index contributed by atoms with van der Waals surface area (Å²) >= 11 is 0. The molecule has 3 aromatic rings. The highest BCUT2D eigenvalue weighted by atomic mass is 16.5. The van der Waals surface area contributed by atoms with Crippen molar-refractivity contribution in [2.45, 2.75) is 18.9 Å². The quantitative estimate of drug-likeness (QED) is 0.622. The minimum Gasteiger partial charge on any atom is -0.497 e. The van der Waals surface area contributed by atoms with Crippen LogP contribution in [-0.4, -0.2) is 41.5 Å². The molecule has 1 aliphatic rings. The average molecular weight is 419 g/mol. The van der Waals surface area contributed by atoms with E-state index >= 15 is 0 Å². The van der Waals surface area contributed by atoms with Crippen molar-refractivity contribution in [2.24, 2.45) is 0 Å². The van der Waals surface area contributed by atoms with Gasteiger partial charge in [-0.05, 0) is 47.5 Å². The van der Waals surface area contributed by atoms with Crippen LogP contribution in [0.2, 0.25) is 0 Å². The predicted octanol–water partition coefficient (Wildman–Crippen LogP) is 4.38. The van der Waals surface area contributed by atoms with E-state index in [2.05, 4.69) is 0 Å². The molecule has 0 spiro atoms. The van der Waals surface area contributed by atoms with E-state index in [0.717, 1.165) is 22.6 Å². The summed E-state index contributed by atoms with van der Waals surface area (Å²) in [5.74, 6) is 2.50. The molecule has 0 saturated carbocycles. The van der Waals surface area contributed by atoms with Crippen molar-refractivity contribution in [3.8, 4) is 23.0 Å². The smallest absolute Gasteiger partial charge is 0.129 e. The fourth-order valence-electron chi connectivity index (χ4n) is 3.92. The summed E-state index contributed by atoms with van der Waals surface area (Å²) in [5, 5.41) is 12.2. The van der Waals surface area contributed by atoms with Crippen molar-refractivity contribution in [3.05, 3.63) is 83.4 Å². The summed E-state index contributed by atoms with van der Waals surface area (Å²) in [4.78, 5) is 0. The Bertz CT molecular complexity index is 988. The maximum absolute atomic E-state index is 12.2. The third-order valence-electron chi connectivity index (χ3n) is 5.56. The van der Waals surface area contributed by atoms with Crippen molar-refractivity contribution in [2.75, 3.05) is 27.9 Å².